The van der Waals surface area contributed by atoms with Crippen molar-refractivity contribution in [2.75, 3.05) is 11.9 Å². The van der Waals surface area contributed by atoms with Crippen LogP contribution in [0, 0.1) is 5.92 Å². The molecule has 0 spiro atoms. The SMILES string of the molecule is O=C(C1CNc2ccsc2C(c2ccccc2)C1)n1ccnc1. The van der Waals surface area contributed by atoms with Crippen LogP contribution in [0.4, 0.5) is 5.69 Å². The van der Waals surface area contributed by atoms with Crippen LogP contribution in [0.25, 0.3) is 0 Å². The van der Waals surface area contributed by atoms with E-state index < -0.39 is 0 Å². The van der Waals surface area contributed by atoms with Gasteiger partial charge in [-0.3, -0.25) is 9.36 Å². The average Bonchev–Trinajstić information content (AvgIpc) is 3.25. The van der Waals surface area contributed by atoms with Crippen LogP contribution in [0.1, 0.15) is 27.6 Å². The summed E-state index contributed by atoms with van der Waals surface area (Å²) in [5.41, 5.74) is 2.42. The molecule has 3 aromatic rings. The van der Waals surface area contributed by atoms with E-state index in [1.165, 1.54) is 10.4 Å². The average molecular weight is 323 g/mol. The number of fused-ring (bicyclic) bond motifs is 1. The Morgan fingerprint density at radius 1 is 1.26 bits per heavy atom. The Morgan fingerprint density at radius 3 is 2.91 bits per heavy atom. The number of hydrogen-bond acceptors (Lipinski definition) is 4. The number of carbonyl (C=O) groups excluding carboxylic acids is 1. The van der Waals surface area contributed by atoms with Gasteiger partial charge in [-0.1, -0.05) is 30.3 Å². The third kappa shape index (κ3) is 2.68. The van der Waals surface area contributed by atoms with Gasteiger partial charge in [0.2, 0.25) is 5.91 Å². The smallest absolute Gasteiger partial charge is 0.236 e. The summed E-state index contributed by atoms with van der Waals surface area (Å²) >= 11 is 1.76. The lowest BCUT2D eigenvalue weighted by molar-refractivity contribution is 0.0833. The second-order valence-corrected chi connectivity index (χ2v) is 6.73. The van der Waals surface area contributed by atoms with Crippen molar-refractivity contribution in [1.82, 2.24) is 9.55 Å². The van der Waals surface area contributed by atoms with Gasteiger partial charge in [-0.05, 0) is 23.4 Å². The maximum absolute atomic E-state index is 12.7. The Kier molecular flexibility index (Phi) is 3.71. The number of anilines is 1. The number of aromatic nitrogens is 2. The van der Waals surface area contributed by atoms with E-state index in [1.807, 2.05) is 6.07 Å². The van der Waals surface area contributed by atoms with Gasteiger partial charge in [0.25, 0.3) is 0 Å². The van der Waals surface area contributed by atoms with Gasteiger partial charge in [0.1, 0.15) is 6.33 Å². The van der Waals surface area contributed by atoms with E-state index in [4.69, 9.17) is 0 Å². The van der Waals surface area contributed by atoms with E-state index in [0.717, 1.165) is 12.1 Å². The maximum atomic E-state index is 12.7. The van der Waals surface area contributed by atoms with Crippen molar-refractivity contribution < 1.29 is 4.79 Å². The van der Waals surface area contributed by atoms with Crippen molar-refractivity contribution in [3.63, 3.8) is 0 Å². The lowest BCUT2D eigenvalue weighted by Crippen LogP contribution is -2.27. The number of imidazole rings is 1. The van der Waals surface area contributed by atoms with E-state index in [9.17, 15) is 4.79 Å². The Hall–Kier alpha value is -2.40. The van der Waals surface area contributed by atoms with E-state index in [2.05, 4.69) is 46.0 Å². The molecule has 0 saturated carbocycles. The number of nitrogens with zero attached hydrogens (tertiary/aromatic N) is 2. The fraction of sp³-hybridized carbons (Fsp3) is 0.222. The first kappa shape index (κ1) is 14.2. The topological polar surface area (TPSA) is 46.9 Å². The van der Waals surface area contributed by atoms with Crippen LogP contribution >= 0.6 is 11.3 Å². The van der Waals surface area contributed by atoms with Crippen molar-refractivity contribution in [3.05, 3.63) is 70.9 Å². The van der Waals surface area contributed by atoms with Crippen LogP contribution in [0.15, 0.2) is 60.5 Å². The summed E-state index contributed by atoms with van der Waals surface area (Å²) in [5.74, 6) is 0.277. The molecular formula is C18H17N3OS. The fourth-order valence-electron chi connectivity index (χ4n) is 3.21. The quantitative estimate of drug-likeness (QED) is 0.779. The third-order valence-corrected chi connectivity index (χ3v) is 5.41. The molecule has 3 heterocycles. The Labute approximate surface area is 138 Å². The molecule has 1 N–H and O–H groups in total. The molecular weight excluding hydrogens is 306 g/mol. The fourth-order valence-corrected chi connectivity index (χ4v) is 4.22. The van der Waals surface area contributed by atoms with E-state index in [1.54, 1.807) is 34.6 Å². The number of rotatable bonds is 2. The molecule has 2 unspecified atom stereocenters. The summed E-state index contributed by atoms with van der Waals surface area (Å²) in [6.45, 7) is 0.657. The molecule has 2 aromatic heterocycles. The van der Waals surface area contributed by atoms with Crippen LogP contribution in [-0.4, -0.2) is 22.0 Å². The minimum absolute atomic E-state index is 0.0750. The molecule has 23 heavy (non-hydrogen) atoms. The minimum Gasteiger partial charge on any atom is -0.383 e. The normalized spacial score (nSPS) is 20.3. The highest BCUT2D eigenvalue weighted by atomic mass is 32.1. The van der Waals surface area contributed by atoms with Gasteiger partial charge in [-0.2, -0.15) is 0 Å². The molecule has 0 saturated heterocycles. The second kappa shape index (κ2) is 6.01. The molecule has 0 fully saturated rings. The molecule has 5 heteroatoms. The Bertz CT molecular complexity index is 795. The molecule has 0 amide bonds. The largest absolute Gasteiger partial charge is 0.383 e. The van der Waals surface area contributed by atoms with Crippen molar-refractivity contribution in [2.45, 2.75) is 12.3 Å². The van der Waals surface area contributed by atoms with E-state index in [-0.39, 0.29) is 17.7 Å². The molecule has 1 aliphatic rings. The predicted molar refractivity (Wildman–Crippen MR) is 92.1 cm³/mol. The number of nitrogens with one attached hydrogen (secondary N) is 1. The zero-order chi connectivity index (χ0) is 15.6. The molecule has 1 aromatic carbocycles. The molecule has 2 atom stereocenters. The standard InChI is InChI=1S/C18H17N3OS/c22-18(21-8-7-19-12-21)14-10-15(13-4-2-1-3-5-13)17-16(20-11-14)6-9-23-17/h1-9,12,14-15,20H,10-11H2. The molecule has 4 rings (SSSR count). The first-order valence-electron chi connectivity index (χ1n) is 7.71. The molecule has 1 aliphatic heterocycles. The molecule has 0 radical (unpaired) electrons. The Morgan fingerprint density at radius 2 is 2.13 bits per heavy atom. The number of benzene rings is 1. The maximum Gasteiger partial charge on any atom is 0.236 e. The summed E-state index contributed by atoms with van der Waals surface area (Å²) in [4.78, 5) is 18.1. The minimum atomic E-state index is -0.0750. The lowest BCUT2D eigenvalue weighted by Gasteiger charge is -2.19. The van der Waals surface area contributed by atoms with Gasteiger partial charge in [0.05, 0.1) is 5.92 Å². The first-order valence-corrected chi connectivity index (χ1v) is 8.59. The van der Waals surface area contributed by atoms with Gasteiger partial charge >= 0.3 is 0 Å². The first-order chi connectivity index (χ1) is 11.3. The van der Waals surface area contributed by atoms with Gasteiger partial charge in [-0.15, -0.1) is 11.3 Å². The number of carbonyl (C=O) groups is 1. The van der Waals surface area contributed by atoms with Crippen molar-refractivity contribution in [3.8, 4) is 0 Å². The summed E-state index contributed by atoms with van der Waals surface area (Å²) in [7, 11) is 0. The zero-order valence-corrected chi connectivity index (χ0v) is 13.4. The third-order valence-electron chi connectivity index (χ3n) is 4.38. The van der Waals surface area contributed by atoms with Gasteiger partial charge in [0, 0.05) is 35.4 Å². The summed E-state index contributed by atoms with van der Waals surface area (Å²) in [6.07, 6.45) is 5.76. The van der Waals surface area contributed by atoms with Gasteiger partial charge in [0.15, 0.2) is 0 Å². The highest BCUT2D eigenvalue weighted by molar-refractivity contribution is 7.10. The van der Waals surface area contributed by atoms with Gasteiger partial charge in [-0.25, -0.2) is 4.98 Å². The van der Waals surface area contributed by atoms with E-state index >= 15 is 0 Å². The Balaban J connectivity index is 1.69. The predicted octanol–water partition coefficient (Wildman–Crippen LogP) is 3.85. The zero-order valence-electron chi connectivity index (χ0n) is 12.6. The van der Waals surface area contributed by atoms with Crippen LogP contribution in [0.2, 0.25) is 0 Å². The summed E-state index contributed by atoms with van der Waals surface area (Å²) in [6, 6.07) is 12.6. The second-order valence-electron chi connectivity index (χ2n) is 5.78. The van der Waals surface area contributed by atoms with E-state index in [0.29, 0.717) is 6.54 Å². The number of thiophene rings is 1. The number of hydrogen-bond donors (Lipinski definition) is 1. The van der Waals surface area contributed by atoms with Crippen LogP contribution in [0.3, 0.4) is 0 Å². The van der Waals surface area contributed by atoms with Crippen molar-refractivity contribution in [2.24, 2.45) is 5.92 Å². The highest BCUT2D eigenvalue weighted by Gasteiger charge is 2.31. The summed E-state index contributed by atoms with van der Waals surface area (Å²) in [5, 5.41) is 5.57. The monoisotopic (exact) mass is 323 g/mol. The van der Waals surface area contributed by atoms with Crippen LogP contribution < -0.4 is 5.32 Å². The van der Waals surface area contributed by atoms with Crippen molar-refractivity contribution in [1.29, 1.82) is 0 Å². The molecule has 116 valence electrons. The molecule has 0 bridgehead atoms. The van der Waals surface area contributed by atoms with Crippen molar-refractivity contribution >= 4 is 22.9 Å². The van der Waals surface area contributed by atoms with Crippen LogP contribution in [0.5, 0.6) is 0 Å². The van der Waals surface area contributed by atoms with Crippen LogP contribution in [-0.2, 0) is 0 Å². The molecule has 4 nitrogen and oxygen atoms in total. The lowest BCUT2D eigenvalue weighted by atomic mass is 9.88. The summed E-state index contributed by atoms with van der Waals surface area (Å²) < 4.78 is 1.59. The van der Waals surface area contributed by atoms with Gasteiger partial charge < -0.3 is 5.32 Å². The molecule has 0 aliphatic carbocycles. The highest BCUT2D eigenvalue weighted by Crippen LogP contribution is 2.41.